The first-order chi connectivity index (χ1) is 7.83. The van der Waals surface area contributed by atoms with Crippen molar-refractivity contribution >= 4 is 5.78 Å². The first kappa shape index (κ1) is 11.3. The molecule has 0 fully saturated rings. The second kappa shape index (κ2) is 5.26. The second-order valence-electron chi connectivity index (χ2n) is 4.56. The van der Waals surface area contributed by atoms with Crippen LogP contribution in [0.3, 0.4) is 0 Å². The summed E-state index contributed by atoms with van der Waals surface area (Å²) >= 11 is 0. The van der Waals surface area contributed by atoms with E-state index < -0.39 is 0 Å². The molecule has 0 radical (unpaired) electrons. The molecule has 1 aromatic rings. The van der Waals surface area contributed by atoms with Crippen molar-refractivity contribution in [3.05, 3.63) is 35.4 Å². The van der Waals surface area contributed by atoms with E-state index in [4.69, 9.17) is 5.73 Å². The number of carbonyl (C=O) groups is 1. The van der Waals surface area contributed by atoms with Gasteiger partial charge in [-0.15, -0.1) is 0 Å². The number of nitrogens with two attached hydrogens (primary N) is 1. The largest absolute Gasteiger partial charge is 0.330 e. The van der Waals surface area contributed by atoms with Gasteiger partial charge in [-0.2, -0.15) is 0 Å². The Balaban J connectivity index is 1.89. The van der Waals surface area contributed by atoms with E-state index in [0.29, 0.717) is 5.78 Å². The number of unbranched alkanes of at least 4 members (excludes halogenated alkanes) is 2. The van der Waals surface area contributed by atoms with Crippen LogP contribution >= 0.6 is 0 Å². The molecule has 0 amide bonds. The summed E-state index contributed by atoms with van der Waals surface area (Å²) < 4.78 is 0. The Morgan fingerprint density at radius 1 is 1.19 bits per heavy atom. The first-order valence-corrected chi connectivity index (χ1v) is 6.15. The van der Waals surface area contributed by atoms with E-state index in [-0.39, 0.29) is 5.92 Å². The van der Waals surface area contributed by atoms with Crippen LogP contribution in [-0.2, 0) is 6.42 Å². The molecule has 2 N–H and O–H groups in total. The maximum absolute atomic E-state index is 12.0. The van der Waals surface area contributed by atoms with E-state index >= 15 is 0 Å². The Hall–Kier alpha value is -1.15. The summed E-state index contributed by atoms with van der Waals surface area (Å²) in [6.07, 6.45) is 5.32. The Morgan fingerprint density at radius 3 is 2.75 bits per heavy atom. The third-order valence-electron chi connectivity index (χ3n) is 3.38. The maximum atomic E-state index is 12.0. The van der Waals surface area contributed by atoms with Gasteiger partial charge in [-0.05, 0) is 31.4 Å². The van der Waals surface area contributed by atoms with Crippen molar-refractivity contribution < 1.29 is 4.79 Å². The molecule has 16 heavy (non-hydrogen) atoms. The molecule has 0 saturated carbocycles. The SMILES string of the molecule is NCCCCCC1Cc2ccccc2C1=O. The number of hydrogen-bond donors (Lipinski definition) is 1. The van der Waals surface area contributed by atoms with E-state index in [2.05, 4.69) is 6.07 Å². The summed E-state index contributed by atoms with van der Waals surface area (Å²) in [6, 6.07) is 8.00. The van der Waals surface area contributed by atoms with Crippen molar-refractivity contribution in [3.8, 4) is 0 Å². The van der Waals surface area contributed by atoms with E-state index in [1.165, 1.54) is 5.56 Å². The Labute approximate surface area is 96.8 Å². The van der Waals surface area contributed by atoms with Crippen molar-refractivity contribution in [3.63, 3.8) is 0 Å². The minimum Gasteiger partial charge on any atom is -0.330 e. The van der Waals surface area contributed by atoms with Gasteiger partial charge < -0.3 is 5.73 Å². The van der Waals surface area contributed by atoms with Crippen LogP contribution in [-0.4, -0.2) is 12.3 Å². The van der Waals surface area contributed by atoms with E-state index in [1.807, 2.05) is 18.2 Å². The lowest BCUT2D eigenvalue weighted by atomic mass is 9.97. The van der Waals surface area contributed by atoms with Crippen LogP contribution in [0.5, 0.6) is 0 Å². The monoisotopic (exact) mass is 217 g/mol. The predicted molar refractivity (Wildman–Crippen MR) is 65.5 cm³/mol. The van der Waals surface area contributed by atoms with Gasteiger partial charge in [-0.25, -0.2) is 0 Å². The Kier molecular flexibility index (Phi) is 3.73. The molecule has 1 aliphatic rings. The predicted octanol–water partition coefficient (Wildman–Crippen LogP) is 2.56. The van der Waals surface area contributed by atoms with Crippen molar-refractivity contribution in [2.24, 2.45) is 11.7 Å². The smallest absolute Gasteiger partial charge is 0.166 e. The molecule has 1 aromatic carbocycles. The van der Waals surface area contributed by atoms with Crippen LogP contribution < -0.4 is 5.73 Å². The van der Waals surface area contributed by atoms with Crippen LogP contribution in [0.1, 0.15) is 41.6 Å². The van der Waals surface area contributed by atoms with Crippen LogP contribution in [0.15, 0.2) is 24.3 Å². The Morgan fingerprint density at radius 2 is 2.00 bits per heavy atom. The van der Waals surface area contributed by atoms with Crippen LogP contribution in [0.4, 0.5) is 0 Å². The summed E-state index contributed by atoms with van der Waals surface area (Å²) in [5.74, 6) is 0.582. The lowest BCUT2D eigenvalue weighted by molar-refractivity contribution is 0.0929. The summed E-state index contributed by atoms with van der Waals surface area (Å²) in [6.45, 7) is 0.763. The van der Waals surface area contributed by atoms with Crippen molar-refractivity contribution in [2.75, 3.05) is 6.54 Å². The molecule has 0 saturated heterocycles. The van der Waals surface area contributed by atoms with Gasteiger partial charge in [0.05, 0.1) is 0 Å². The standard InChI is InChI=1S/C14H19NO/c15-9-5-1-2-7-12-10-11-6-3-4-8-13(11)14(12)16/h3-4,6,8,12H,1-2,5,7,9-10,15H2. The molecular formula is C14H19NO. The summed E-state index contributed by atoms with van der Waals surface area (Å²) in [4.78, 5) is 12.0. The highest BCUT2D eigenvalue weighted by Gasteiger charge is 2.29. The molecule has 2 heteroatoms. The first-order valence-electron chi connectivity index (χ1n) is 6.15. The number of carbonyl (C=O) groups excluding carboxylic acids is 1. The maximum Gasteiger partial charge on any atom is 0.166 e. The number of Topliss-reactive ketones (excluding diaryl/α,β-unsaturated/α-hetero) is 1. The van der Waals surface area contributed by atoms with E-state index in [1.54, 1.807) is 0 Å². The van der Waals surface area contributed by atoms with Gasteiger partial charge in [0.15, 0.2) is 5.78 Å². The average Bonchev–Trinajstić information content (AvgIpc) is 2.63. The van der Waals surface area contributed by atoms with Crippen LogP contribution in [0.2, 0.25) is 0 Å². The average molecular weight is 217 g/mol. The molecule has 0 bridgehead atoms. The van der Waals surface area contributed by atoms with Gasteiger partial charge in [0.25, 0.3) is 0 Å². The zero-order valence-electron chi connectivity index (χ0n) is 9.61. The van der Waals surface area contributed by atoms with Crippen LogP contribution in [0, 0.1) is 5.92 Å². The molecule has 2 nitrogen and oxygen atoms in total. The third-order valence-corrected chi connectivity index (χ3v) is 3.38. The number of ketones is 1. The minimum absolute atomic E-state index is 0.232. The topological polar surface area (TPSA) is 43.1 Å². The molecular weight excluding hydrogens is 198 g/mol. The van der Waals surface area contributed by atoms with E-state index in [9.17, 15) is 4.79 Å². The van der Waals surface area contributed by atoms with Crippen molar-refractivity contribution in [1.82, 2.24) is 0 Å². The number of fused-ring (bicyclic) bond motifs is 1. The minimum atomic E-state index is 0.232. The van der Waals surface area contributed by atoms with Crippen LogP contribution in [0.25, 0.3) is 0 Å². The fourth-order valence-corrected chi connectivity index (χ4v) is 2.46. The summed E-state index contributed by atoms with van der Waals surface area (Å²) in [5.41, 5.74) is 7.64. The van der Waals surface area contributed by atoms with Gasteiger partial charge in [0.2, 0.25) is 0 Å². The highest BCUT2D eigenvalue weighted by molar-refractivity contribution is 6.02. The summed E-state index contributed by atoms with van der Waals surface area (Å²) in [7, 11) is 0. The molecule has 0 spiro atoms. The third kappa shape index (κ3) is 2.33. The molecule has 1 unspecified atom stereocenters. The lowest BCUT2D eigenvalue weighted by Gasteiger charge is -2.06. The quantitative estimate of drug-likeness (QED) is 0.770. The molecule has 86 valence electrons. The number of rotatable bonds is 5. The van der Waals surface area contributed by atoms with Crippen molar-refractivity contribution in [2.45, 2.75) is 32.1 Å². The second-order valence-corrected chi connectivity index (χ2v) is 4.56. The molecule has 0 heterocycles. The normalized spacial score (nSPS) is 18.8. The fraction of sp³-hybridized carbons (Fsp3) is 0.500. The van der Waals surface area contributed by atoms with Gasteiger partial charge in [-0.1, -0.05) is 37.1 Å². The molecule has 0 aliphatic heterocycles. The zero-order valence-corrected chi connectivity index (χ0v) is 9.61. The van der Waals surface area contributed by atoms with Gasteiger partial charge in [0, 0.05) is 11.5 Å². The zero-order chi connectivity index (χ0) is 11.4. The molecule has 1 aliphatic carbocycles. The highest BCUT2D eigenvalue weighted by atomic mass is 16.1. The van der Waals surface area contributed by atoms with Crippen molar-refractivity contribution in [1.29, 1.82) is 0 Å². The highest BCUT2D eigenvalue weighted by Crippen LogP contribution is 2.29. The van der Waals surface area contributed by atoms with Gasteiger partial charge in [-0.3, -0.25) is 4.79 Å². The summed E-state index contributed by atoms with van der Waals surface area (Å²) in [5, 5.41) is 0. The lowest BCUT2D eigenvalue weighted by Crippen LogP contribution is -2.09. The number of hydrogen-bond acceptors (Lipinski definition) is 2. The fourth-order valence-electron chi connectivity index (χ4n) is 2.46. The van der Waals surface area contributed by atoms with Gasteiger partial charge >= 0.3 is 0 Å². The molecule has 2 rings (SSSR count). The molecule has 1 atom stereocenters. The number of benzene rings is 1. The van der Waals surface area contributed by atoms with E-state index in [0.717, 1.165) is 44.2 Å². The van der Waals surface area contributed by atoms with Gasteiger partial charge in [0.1, 0.15) is 0 Å². The molecule has 0 aromatic heterocycles. The Bertz CT molecular complexity index is 373.